The first-order valence-corrected chi connectivity index (χ1v) is 13.4. The first-order valence-electron chi connectivity index (χ1n) is 12.5. The summed E-state index contributed by atoms with van der Waals surface area (Å²) in [5.41, 5.74) is 2.47. The fourth-order valence-electron chi connectivity index (χ4n) is 5.13. The molecule has 0 unspecified atom stereocenters. The maximum absolute atomic E-state index is 10.0. The van der Waals surface area contributed by atoms with Gasteiger partial charge in [-0.3, -0.25) is 9.80 Å². The molecule has 0 aliphatic carbocycles. The van der Waals surface area contributed by atoms with Crippen LogP contribution in [-0.2, 0) is 12.1 Å². The zero-order valence-electron chi connectivity index (χ0n) is 20.7. The number of unbranched alkanes of at least 4 members (excludes halogenated alkanes) is 1. The van der Waals surface area contributed by atoms with E-state index in [2.05, 4.69) is 78.7 Å². The lowest BCUT2D eigenvalue weighted by Gasteiger charge is -2.46. The normalized spacial score (nSPS) is 17.1. The second-order valence-electron chi connectivity index (χ2n) is 9.66. The summed E-state index contributed by atoms with van der Waals surface area (Å²) in [5.74, 6) is 1.31. The number of rotatable bonds is 10. The summed E-state index contributed by atoms with van der Waals surface area (Å²) < 4.78 is 6.49. The SMILES string of the molecule is CCCC[C@H](Oc1cccc(CN2CCC(c3cccc(O)c3)(N(C)C)CC2)c1)c1cccs1. The molecule has 3 aromatic rings. The van der Waals surface area contributed by atoms with Crippen molar-refractivity contribution >= 4 is 11.3 Å². The summed E-state index contributed by atoms with van der Waals surface area (Å²) in [5, 5.41) is 12.2. The van der Waals surface area contributed by atoms with Gasteiger partial charge in [0.15, 0.2) is 0 Å². The highest BCUT2D eigenvalue weighted by molar-refractivity contribution is 7.10. The van der Waals surface area contributed by atoms with Gasteiger partial charge in [-0.1, -0.05) is 43.7 Å². The van der Waals surface area contributed by atoms with Crippen LogP contribution in [-0.4, -0.2) is 42.1 Å². The van der Waals surface area contributed by atoms with Gasteiger partial charge in [-0.2, -0.15) is 0 Å². The molecule has 5 heteroatoms. The van der Waals surface area contributed by atoms with Crippen molar-refractivity contribution < 1.29 is 9.84 Å². The summed E-state index contributed by atoms with van der Waals surface area (Å²) in [7, 11) is 4.31. The Morgan fingerprint density at radius 3 is 2.53 bits per heavy atom. The Kier molecular flexibility index (Phi) is 8.30. The molecule has 1 saturated heterocycles. The van der Waals surface area contributed by atoms with Crippen LogP contribution in [0.5, 0.6) is 11.5 Å². The third kappa shape index (κ3) is 5.83. The van der Waals surface area contributed by atoms with E-state index in [4.69, 9.17) is 4.74 Å². The monoisotopic (exact) mass is 478 g/mol. The first-order chi connectivity index (χ1) is 16.5. The number of hydrogen-bond donors (Lipinski definition) is 1. The van der Waals surface area contributed by atoms with Crippen LogP contribution in [0, 0.1) is 0 Å². The van der Waals surface area contributed by atoms with E-state index in [0.29, 0.717) is 5.75 Å². The Balaban J connectivity index is 1.41. The second kappa shape index (κ2) is 11.4. The Bertz CT molecular complexity index is 1030. The maximum atomic E-state index is 10.0. The molecule has 34 heavy (non-hydrogen) atoms. The Morgan fingerprint density at radius 2 is 1.85 bits per heavy atom. The molecule has 1 aliphatic heterocycles. The molecule has 1 N–H and O–H groups in total. The average Bonchev–Trinajstić information content (AvgIpc) is 3.37. The van der Waals surface area contributed by atoms with Crippen LogP contribution in [0.2, 0.25) is 0 Å². The van der Waals surface area contributed by atoms with E-state index in [-0.39, 0.29) is 11.6 Å². The molecule has 1 atom stereocenters. The summed E-state index contributed by atoms with van der Waals surface area (Å²) in [6.07, 6.45) is 5.61. The Morgan fingerprint density at radius 1 is 1.06 bits per heavy atom. The lowest BCUT2D eigenvalue weighted by molar-refractivity contribution is 0.0505. The molecule has 4 rings (SSSR count). The van der Waals surface area contributed by atoms with Crippen molar-refractivity contribution in [3.05, 3.63) is 82.0 Å². The van der Waals surface area contributed by atoms with Crippen molar-refractivity contribution in [1.29, 1.82) is 0 Å². The van der Waals surface area contributed by atoms with E-state index in [1.54, 1.807) is 17.4 Å². The lowest BCUT2D eigenvalue weighted by Crippen LogP contribution is -2.50. The molecule has 0 amide bonds. The molecule has 0 bridgehead atoms. The number of benzene rings is 2. The topological polar surface area (TPSA) is 35.9 Å². The Hall–Kier alpha value is -2.34. The predicted molar refractivity (Wildman–Crippen MR) is 142 cm³/mol. The highest BCUT2D eigenvalue weighted by Crippen LogP contribution is 2.39. The van der Waals surface area contributed by atoms with Crippen LogP contribution in [0.15, 0.2) is 66.0 Å². The van der Waals surface area contributed by atoms with E-state index in [1.165, 1.54) is 28.8 Å². The van der Waals surface area contributed by atoms with Crippen LogP contribution in [0.3, 0.4) is 0 Å². The lowest BCUT2D eigenvalue weighted by atomic mass is 9.79. The third-order valence-corrected chi connectivity index (χ3v) is 8.15. The number of phenolic OH excluding ortho intramolecular Hbond substituents is 1. The number of hydrogen-bond acceptors (Lipinski definition) is 5. The van der Waals surface area contributed by atoms with Crippen molar-refractivity contribution in [3.8, 4) is 11.5 Å². The van der Waals surface area contributed by atoms with Gasteiger partial charge in [0.2, 0.25) is 0 Å². The largest absolute Gasteiger partial charge is 0.508 e. The Labute approximate surface area is 208 Å². The van der Waals surface area contributed by atoms with Gasteiger partial charge in [-0.15, -0.1) is 11.3 Å². The molecule has 1 aromatic heterocycles. The zero-order valence-corrected chi connectivity index (χ0v) is 21.6. The van der Waals surface area contributed by atoms with Gasteiger partial charge in [0.05, 0.1) is 0 Å². The van der Waals surface area contributed by atoms with Crippen LogP contribution in [0.4, 0.5) is 0 Å². The van der Waals surface area contributed by atoms with Gasteiger partial charge in [-0.25, -0.2) is 0 Å². The molecule has 0 spiro atoms. The van der Waals surface area contributed by atoms with Gasteiger partial charge in [-0.05, 0) is 86.6 Å². The highest BCUT2D eigenvalue weighted by atomic mass is 32.1. The molecular formula is C29H38N2O2S. The van der Waals surface area contributed by atoms with E-state index in [9.17, 15) is 5.11 Å². The number of aromatic hydroxyl groups is 1. The van der Waals surface area contributed by atoms with Crippen molar-refractivity contribution in [2.45, 2.75) is 57.2 Å². The number of ether oxygens (including phenoxy) is 1. The predicted octanol–water partition coefficient (Wildman–Crippen LogP) is 6.82. The fraction of sp³-hybridized carbons (Fsp3) is 0.448. The molecular weight excluding hydrogens is 440 g/mol. The summed E-state index contributed by atoms with van der Waals surface area (Å²) in [4.78, 5) is 6.17. The molecule has 1 fully saturated rings. The number of likely N-dealkylation sites (tertiary alicyclic amines) is 1. The van der Waals surface area contributed by atoms with Gasteiger partial charge < -0.3 is 9.84 Å². The molecule has 0 radical (unpaired) electrons. The average molecular weight is 479 g/mol. The minimum Gasteiger partial charge on any atom is -0.508 e. The molecule has 182 valence electrons. The summed E-state index contributed by atoms with van der Waals surface area (Å²) in [6.45, 7) is 5.20. The van der Waals surface area contributed by atoms with Gasteiger partial charge >= 0.3 is 0 Å². The molecule has 2 aromatic carbocycles. The van der Waals surface area contributed by atoms with Gasteiger partial charge in [0.1, 0.15) is 17.6 Å². The summed E-state index contributed by atoms with van der Waals surface area (Å²) >= 11 is 1.78. The van der Waals surface area contributed by atoms with E-state index in [1.807, 2.05) is 12.1 Å². The van der Waals surface area contributed by atoms with Crippen LogP contribution < -0.4 is 4.74 Å². The fourth-order valence-corrected chi connectivity index (χ4v) is 5.92. The zero-order chi connectivity index (χ0) is 24.0. The maximum Gasteiger partial charge on any atom is 0.133 e. The molecule has 1 aliphatic rings. The molecule has 4 nitrogen and oxygen atoms in total. The van der Waals surface area contributed by atoms with Crippen molar-refractivity contribution in [2.75, 3.05) is 27.2 Å². The van der Waals surface area contributed by atoms with E-state index < -0.39 is 0 Å². The van der Waals surface area contributed by atoms with Crippen molar-refractivity contribution in [3.63, 3.8) is 0 Å². The second-order valence-corrected chi connectivity index (χ2v) is 10.6. The van der Waals surface area contributed by atoms with E-state index >= 15 is 0 Å². The highest BCUT2D eigenvalue weighted by Gasteiger charge is 2.38. The quantitative estimate of drug-likeness (QED) is 0.347. The summed E-state index contributed by atoms with van der Waals surface area (Å²) in [6, 6.07) is 20.7. The minimum atomic E-state index is -0.0343. The number of nitrogens with zero attached hydrogens (tertiary/aromatic N) is 2. The number of thiophene rings is 1. The van der Waals surface area contributed by atoms with Crippen LogP contribution >= 0.6 is 11.3 Å². The van der Waals surface area contributed by atoms with Crippen LogP contribution in [0.1, 0.15) is 61.1 Å². The number of phenols is 1. The standard InChI is InChI=1S/C29H38N2O2S/c1-4-5-13-27(28-14-8-19-34-28)33-26-12-6-9-23(20-26)22-31-17-15-29(16-18-31,30(2)3)24-10-7-11-25(32)21-24/h6-12,14,19-21,27,32H,4-5,13,15-18,22H2,1-3H3/t27-/m0/s1. The molecule has 2 heterocycles. The number of piperidine rings is 1. The van der Waals surface area contributed by atoms with Gasteiger partial charge in [0, 0.05) is 30.1 Å². The first kappa shape index (κ1) is 24.8. The third-order valence-electron chi connectivity index (χ3n) is 7.19. The minimum absolute atomic E-state index is 0.0343. The van der Waals surface area contributed by atoms with Crippen molar-refractivity contribution in [1.82, 2.24) is 9.80 Å². The van der Waals surface area contributed by atoms with Crippen LogP contribution in [0.25, 0.3) is 0 Å². The van der Waals surface area contributed by atoms with Crippen molar-refractivity contribution in [2.24, 2.45) is 0 Å². The van der Waals surface area contributed by atoms with Gasteiger partial charge in [0.25, 0.3) is 0 Å². The van der Waals surface area contributed by atoms with E-state index in [0.717, 1.165) is 44.6 Å². The molecule has 0 saturated carbocycles. The smallest absolute Gasteiger partial charge is 0.133 e.